The molecule has 3 aromatic rings. The van der Waals surface area contributed by atoms with Crippen LogP contribution >= 0.6 is 34.8 Å². The molecule has 114 valence electrons. The number of H-pyrrole nitrogens is 1. The van der Waals surface area contributed by atoms with Gasteiger partial charge in [-0.2, -0.15) is 13.2 Å². The Bertz CT molecular complexity index is 872. The first-order valence-corrected chi connectivity index (χ1v) is 7.11. The summed E-state index contributed by atoms with van der Waals surface area (Å²) in [5.41, 5.74) is 1.32. The molecule has 22 heavy (non-hydrogen) atoms. The van der Waals surface area contributed by atoms with Gasteiger partial charge in [-0.1, -0.05) is 46.9 Å². The Balaban J connectivity index is 2.23. The topological polar surface area (TPSA) is 28.7 Å². The van der Waals surface area contributed by atoms with Crippen LogP contribution in [-0.2, 0) is 6.18 Å². The molecule has 0 saturated carbocycles. The van der Waals surface area contributed by atoms with Crippen molar-refractivity contribution in [2.24, 2.45) is 0 Å². The molecule has 0 bridgehead atoms. The number of aromatic nitrogens is 2. The fourth-order valence-corrected chi connectivity index (χ4v) is 2.75. The molecular formula is C14H6Cl3F3N2. The van der Waals surface area contributed by atoms with Crippen LogP contribution < -0.4 is 0 Å². The normalized spacial score (nSPS) is 12.1. The van der Waals surface area contributed by atoms with Crippen LogP contribution in [0.15, 0.2) is 30.3 Å². The van der Waals surface area contributed by atoms with Crippen LogP contribution in [0.4, 0.5) is 13.2 Å². The van der Waals surface area contributed by atoms with Gasteiger partial charge in [0.1, 0.15) is 0 Å². The summed E-state index contributed by atoms with van der Waals surface area (Å²) in [4.78, 5) is 5.75. The second-order valence-electron chi connectivity index (χ2n) is 4.53. The lowest BCUT2D eigenvalue weighted by Crippen LogP contribution is -2.06. The Morgan fingerprint density at radius 2 is 1.68 bits per heavy atom. The first-order chi connectivity index (χ1) is 10.3. The number of rotatable bonds is 1. The SMILES string of the molecule is FC(F)(F)c1nc2cc(-c3cccc(Cl)c3Cl)c(Cl)cc2[nH]1. The van der Waals surface area contributed by atoms with Gasteiger partial charge in [-0.3, -0.25) is 0 Å². The van der Waals surface area contributed by atoms with Crippen LogP contribution in [0.2, 0.25) is 15.1 Å². The van der Waals surface area contributed by atoms with E-state index in [1.54, 1.807) is 18.2 Å². The molecule has 1 aromatic heterocycles. The summed E-state index contributed by atoms with van der Waals surface area (Å²) < 4.78 is 38.1. The third-order valence-corrected chi connectivity index (χ3v) is 4.21. The summed E-state index contributed by atoms with van der Waals surface area (Å²) in [6, 6.07) is 7.79. The fourth-order valence-electron chi connectivity index (χ4n) is 2.08. The van der Waals surface area contributed by atoms with E-state index in [4.69, 9.17) is 34.8 Å². The molecule has 0 atom stereocenters. The second-order valence-corrected chi connectivity index (χ2v) is 5.73. The Kier molecular flexibility index (Phi) is 3.75. The summed E-state index contributed by atoms with van der Waals surface area (Å²) in [6.45, 7) is 0. The van der Waals surface area contributed by atoms with Crippen molar-refractivity contribution in [2.45, 2.75) is 6.18 Å². The van der Waals surface area contributed by atoms with E-state index >= 15 is 0 Å². The zero-order valence-corrected chi connectivity index (χ0v) is 12.9. The molecule has 8 heteroatoms. The minimum Gasteiger partial charge on any atom is -0.334 e. The molecule has 1 heterocycles. The third-order valence-electron chi connectivity index (χ3n) is 3.08. The summed E-state index contributed by atoms with van der Waals surface area (Å²) in [6.07, 6.45) is -4.56. The molecule has 1 N–H and O–H groups in total. The number of hydrogen-bond donors (Lipinski definition) is 1. The molecular weight excluding hydrogens is 360 g/mol. The molecule has 0 aliphatic heterocycles. The lowest BCUT2D eigenvalue weighted by atomic mass is 10.0. The maximum absolute atomic E-state index is 12.7. The zero-order chi connectivity index (χ0) is 16.1. The number of nitrogens with one attached hydrogen (secondary N) is 1. The summed E-state index contributed by atoms with van der Waals surface area (Å²) >= 11 is 18.2. The van der Waals surface area contributed by atoms with Crippen molar-refractivity contribution >= 4 is 45.8 Å². The highest BCUT2D eigenvalue weighted by Gasteiger charge is 2.34. The zero-order valence-electron chi connectivity index (χ0n) is 10.6. The summed E-state index contributed by atoms with van der Waals surface area (Å²) in [5.74, 6) is -1.08. The number of hydrogen-bond acceptors (Lipinski definition) is 1. The van der Waals surface area contributed by atoms with E-state index in [9.17, 15) is 13.2 Å². The number of benzene rings is 2. The van der Waals surface area contributed by atoms with E-state index in [0.29, 0.717) is 16.1 Å². The average Bonchev–Trinajstić information content (AvgIpc) is 2.84. The molecule has 0 aliphatic carbocycles. The van der Waals surface area contributed by atoms with Crippen molar-refractivity contribution in [1.82, 2.24) is 9.97 Å². The number of nitrogens with zero attached hydrogens (tertiary/aromatic N) is 1. The average molecular weight is 366 g/mol. The van der Waals surface area contributed by atoms with Crippen molar-refractivity contribution in [1.29, 1.82) is 0 Å². The monoisotopic (exact) mass is 364 g/mol. The van der Waals surface area contributed by atoms with Gasteiger partial charge in [-0.15, -0.1) is 0 Å². The van der Waals surface area contributed by atoms with E-state index < -0.39 is 12.0 Å². The molecule has 0 amide bonds. The maximum atomic E-state index is 12.7. The molecule has 2 nitrogen and oxygen atoms in total. The van der Waals surface area contributed by atoms with Crippen LogP contribution in [0.1, 0.15) is 5.82 Å². The highest BCUT2D eigenvalue weighted by molar-refractivity contribution is 6.44. The Morgan fingerprint density at radius 1 is 0.955 bits per heavy atom. The van der Waals surface area contributed by atoms with Crippen molar-refractivity contribution in [3.05, 3.63) is 51.2 Å². The van der Waals surface area contributed by atoms with Gasteiger partial charge in [0.05, 0.1) is 26.1 Å². The van der Waals surface area contributed by atoms with Crippen molar-refractivity contribution in [3.63, 3.8) is 0 Å². The maximum Gasteiger partial charge on any atom is 0.449 e. The lowest BCUT2D eigenvalue weighted by molar-refractivity contribution is -0.144. The van der Waals surface area contributed by atoms with Gasteiger partial charge in [0.15, 0.2) is 0 Å². The summed E-state index contributed by atoms with van der Waals surface area (Å²) in [7, 11) is 0. The van der Waals surface area contributed by atoms with Gasteiger partial charge in [0.25, 0.3) is 0 Å². The molecule has 0 radical (unpaired) electrons. The van der Waals surface area contributed by atoms with Crippen LogP contribution in [0.3, 0.4) is 0 Å². The standard InChI is InChI=1S/C14H6Cl3F3N2/c15-8-3-1-2-6(12(8)17)7-4-10-11(5-9(7)16)22-13(21-10)14(18,19)20/h1-5H,(H,21,22). The van der Waals surface area contributed by atoms with Crippen molar-refractivity contribution in [2.75, 3.05) is 0 Å². The van der Waals surface area contributed by atoms with E-state index in [-0.39, 0.29) is 21.1 Å². The molecule has 0 spiro atoms. The van der Waals surface area contributed by atoms with Gasteiger partial charge in [-0.25, -0.2) is 4.98 Å². The first-order valence-electron chi connectivity index (χ1n) is 5.98. The van der Waals surface area contributed by atoms with Gasteiger partial charge in [-0.05, 0) is 18.2 Å². The van der Waals surface area contributed by atoms with Crippen LogP contribution in [0, 0.1) is 0 Å². The Morgan fingerprint density at radius 3 is 2.36 bits per heavy atom. The van der Waals surface area contributed by atoms with Crippen molar-refractivity contribution in [3.8, 4) is 11.1 Å². The predicted molar refractivity (Wildman–Crippen MR) is 81.6 cm³/mol. The van der Waals surface area contributed by atoms with E-state index in [0.717, 1.165) is 0 Å². The first kappa shape index (κ1) is 15.5. The van der Waals surface area contributed by atoms with Gasteiger partial charge < -0.3 is 4.98 Å². The van der Waals surface area contributed by atoms with Crippen LogP contribution in [0.25, 0.3) is 22.2 Å². The predicted octanol–water partition coefficient (Wildman–Crippen LogP) is 6.21. The van der Waals surface area contributed by atoms with Gasteiger partial charge in [0, 0.05) is 11.1 Å². The number of fused-ring (bicyclic) bond motifs is 1. The van der Waals surface area contributed by atoms with Crippen molar-refractivity contribution < 1.29 is 13.2 Å². The number of alkyl halides is 3. The third kappa shape index (κ3) is 2.64. The smallest absolute Gasteiger partial charge is 0.334 e. The molecule has 3 rings (SSSR count). The lowest BCUT2D eigenvalue weighted by Gasteiger charge is -2.08. The molecule has 0 aliphatic rings. The number of imidazole rings is 1. The van der Waals surface area contributed by atoms with Gasteiger partial charge in [0.2, 0.25) is 5.82 Å². The van der Waals surface area contributed by atoms with Gasteiger partial charge >= 0.3 is 6.18 Å². The fraction of sp³-hybridized carbons (Fsp3) is 0.0714. The highest BCUT2D eigenvalue weighted by atomic mass is 35.5. The van der Waals surface area contributed by atoms with Crippen LogP contribution in [0.5, 0.6) is 0 Å². The van der Waals surface area contributed by atoms with E-state index in [2.05, 4.69) is 9.97 Å². The quantitative estimate of drug-likeness (QED) is 0.546. The largest absolute Gasteiger partial charge is 0.449 e. The highest BCUT2D eigenvalue weighted by Crippen LogP contribution is 2.39. The summed E-state index contributed by atoms with van der Waals surface area (Å²) in [5, 5.41) is 0.847. The number of aromatic amines is 1. The molecule has 0 unspecified atom stereocenters. The Labute approximate surface area is 137 Å². The second kappa shape index (κ2) is 5.33. The minimum atomic E-state index is -4.56. The van der Waals surface area contributed by atoms with Crippen LogP contribution in [-0.4, -0.2) is 9.97 Å². The number of halogens is 6. The van der Waals surface area contributed by atoms with E-state index in [1.807, 2.05) is 0 Å². The molecule has 0 fully saturated rings. The molecule has 0 saturated heterocycles. The molecule has 2 aromatic carbocycles. The minimum absolute atomic E-state index is 0.141. The Hall–Kier alpha value is -1.43. The van der Waals surface area contributed by atoms with E-state index in [1.165, 1.54) is 12.1 Å².